The van der Waals surface area contributed by atoms with E-state index < -0.39 is 0 Å². The molecule has 1 heterocycles. The summed E-state index contributed by atoms with van der Waals surface area (Å²) in [4.78, 5) is 3.17. The van der Waals surface area contributed by atoms with E-state index in [4.69, 9.17) is 18.0 Å². The van der Waals surface area contributed by atoms with Crippen molar-refractivity contribution >= 4 is 17.2 Å². The Bertz CT molecular complexity index is 182. The largest absolute Gasteiger partial charge is 0.392 e. The third-order valence-electron chi connectivity index (χ3n) is 2.99. The van der Waals surface area contributed by atoms with E-state index in [1.165, 1.54) is 51.6 Å². The molecule has 0 bridgehead atoms. The maximum atomic E-state index is 5.75. The highest BCUT2D eigenvalue weighted by Crippen LogP contribution is 2.17. The van der Waals surface area contributed by atoms with Gasteiger partial charge in [-0.2, -0.15) is 0 Å². The first-order valence-electron chi connectivity index (χ1n) is 5.79. The van der Waals surface area contributed by atoms with Crippen molar-refractivity contribution in [3.8, 4) is 0 Å². The zero-order valence-corrected chi connectivity index (χ0v) is 9.98. The first-order valence-corrected chi connectivity index (χ1v) is 6.20. The van der Waals surface area contributed by atoms with Crippen LogP contribution in [0.15, 0.2) is 0 Å². The number of rotatable bonds is 5. The Kier molecular flexibility index (Phi) is 5.41. The van der Waals surface area contributed by atoms with E-state index in [1.54, 1.807) is 0 Å². The number of piperidine rings is 1. The van der Waals surface area contributed by atoms with Gasteiger partial charge in [0.1, 0.15) is 0 Å². The third-order valence-corrected chi connectivity index (χ3v) is 3.26. The maximum absolute atomic E-state index is 5.75. The molecule has 1 aliphatic rings. The van der Waals surface area contributed by atoms with E-state index in [9.17, 15) is 0 Å². The molecule has 0 aromatic heterocycles. The Morgan fingerprint density at radius 1 is 1.43 bits per heavy atom. The third kappa shape index (κ3) is 3.54. The molecule has 3 heteroatoms. The van der Waals surface area contributed by atoms with Crippen molar-refractivity contribution in [3.05, 3.63) is 0 Å². The van der Waals surface area contributed by atoms with Crippen molar-refractivity contribution in [2.75, 3.05) is 13.1 Å². The summed E-state index contributed by atoms with van der Waals surface area (Å²) in [6, 6.07) is 0.385. The van der Waals surface area contributed by atoms with Crippen molar-refractivity contribution in [2.24, 2.45) is 5.73 Å². The Balaban J connectivity index is 2.34. The van der Waals surface area contributed by atoms with Crippen molar-refractivity contribution in [1.29, 1.82) is 0 Å². The van der Waals surface area contributed by atoms with Crippen LogP contribution in [-0.4, -0.2) is 29.0 Å². The predicted octanol–water partition coefficient (Wildman–Crippen LogP) is 2.32. The van der Waals surface area contributed by atoms with Crippen LogP contribution >= 0.6 is 12.2 Å². The first-order chi connectivity index (χ1) is 6.75. The minimum atomic E-state index is 0.385. The average Bonchev–Trinajstić information content (AvgIpc) is 2.19. The molecule has 0 amide bonds. The van der Waals surface area contributed by atoms with Gasteiger partial charge in [-0.1, -0.05) is 38.4 Å². The summed E-state index contributed by atoms with van der Waals surface area (Å²) >= 11 is 5.11. The summed E-state index contributed by atoms with van der Waals surface area (Å²) in [5.74, 6) is 0. The van der Waals surface area contributed by atoms with E-state index in [-0.39, 0.29) is 0 Å². The molecule has 1 unspecified atom stereocenters. The van der Waals surface area contributed by atoms with Gasteiger partial charge in [-0.15, -0.1) is 0 Å². The minimum absolute atomic E-state index is 0.385. The van der Waals surface area contributed by atoms with Crippen LogP contribution in [0.3, 0.4) is 0 Å². The van der Waals surface area contributed by atoms with Crippen LogP contribution in [-0.2, 0) is 0 Å². The fraction of sp³-hybridized carbons (Fsp3) is 0.909. The van der Waals surface area contributed by atoms with Gasteiger partial charge in [0.2, 0.25) is 0 Å². The van der Waals surface area contributed by atoms with Gasteiger partial charge in [-0.05, 0) is 32.4 Å². The van der Waals surface area contributed by atoms with Crippen LogP contribution in [0, 0.1) is 0 Å². The first kappa shape index (κ1) is 11.9. The van der Waals surface area contributed by atoms with Crippen LogP contribution in [0.4, 0.5) is 0 Å². The van der Waals surface area contributed by atoms with Gasteiger partial charge in [0.25, 0.3) is 0 Å². The number of nitrogens with zero attached hydrogens (tertiary/aromatic N) is 1. The summed E-state index contributed by atoms with van der Waals surface area (Å²) < 4.78 is 0. The summed E-state index contributed by atoms with van der Waals surface area (Å²) in [5, 5.41) is 0. The number of unbranched alkanes of at least 4 members (excludes halogenated alkanes) is 2. The quantitative estimate of drug-likeness (QED) is 0.562. The van der Waals surface area contributed by atoms with Crippen LogP contribution in [0.5, 0.6) is 0 Å². The van der Waals surface area contributed by atoms with Gasteiger partial charge < -0.3 is 5.73 Å². The van der Waals surface area contributed by atoms with E-state index >= 15 is 0 Å². The van der Waals surface area contributed by atoms with Crippen LogP contribution in [0.1, 0.15) is 45.4 Å². The molecule has 0 spiro atoms. The van der Waals surface area contributed by atoms with Crippen LogP contribution < -0.4 is 5.73 Å². The molecule has 1 fully saturated rings. The molecule has 1 rings (SSSR count). The molecule has 0 saturated carbocycles. The second-order valence-corrected chi connectivity index (χ2v) is 4.63. The van der Waals surface area contributed by atoms with Gasteiger partial charge in [-0.3, -0.25) is 4.90 Å². The highest BCUT2D eigenvalue weighted by atomic mass is 32.1. The van der Waals surface area contributed by atoms with Gasteiger partial charge in [-0.25, -0.2) is 0 Å². The fourth-order valence-corrected chi connectivity index (χ4v) is 2.41. The molecule has 1 saturated heterocycles. The van der Waals surface area contributed by atoms with Gasteiger partial charge in [0.05, 0.1) is 11.0 Å². The van der Waals surface area contributed by atoms with E-state index in [1.807, 2.05) is 0 Å². The van der Waals surface area contributed by atoms with Gasteiger partial charge >= 0.3 is 0 Å². The standard InChI is InChI=1S/C11H22N2S/c1-2-3-5-8-13-9-6-4-7-10(13)11(12)14/h10H,2-9H2,1H3,(H2,12,14). The second-order valence-electron chi connectivity index (χ2n) is 4.16. The smallest absolute Gasteiger partial charge is 0.0902 e. The summed E-state index contributed by atoms with van der Waals surface area (Å²) in [6.07, 6.45) is 7.65. The van der Waals surface area contributed by atoms with Gasteiger partial charge in [0.15, 0.2) is 0 Å². The number of thiocarbonyl (C=S) groups is 1. The van der Waals surface area contributed by atoms with E-state index in [0.29, 0.717) is 11.0 Å². The Hall–Kier alpha value is -0.150. The van der Waals surface area contributed by atoms with Gasteiger partial charge in [0, 0.05) is 0 Å². The monoisotopic (exact) mass is 214 g/mol. The lowest BCUT2D eigenvalue weighted by Gasteiger charge is -2.34. The summed E-state index contributed by atoms with van der Waals surface area (Å²) in [6.45, 7) is 4.60. The molecule has 1 atom stereocenters. The summed E-state index contributed by atoms with van der Waals surface area (Å²) in [7, 11) is 0. The molecular formula is C11H22N2S. The molecule has 14 heavy (non-hydrogen) atoms. The molecule has 0 aromatic rings. The van der Waals surface area contributed by atoms with Crippen molar-refractivity contribution in [3.63, 3.8) is 0 Å². The minimum Gasteiger partial charge on any atom is -0.392 e. The maximum Gasteiger partial charge on any atom is 0.0902 e. The van der Waals surface area contributed by atoms with Crippen molar-refractivity contribution < 1.29 is 0 Å². The molecule has 2 N–H and O–H groups in total. The zero-order chi connectivity index (χ0) is 10.4. The number of nitrogens with two attached hydrogens (primary N) is 1. The SMILES string of the molecule is CCCCCN1CCCCC1C(N)=S. The molecule has 82 valence electrons. The van der Waals surface area contributed by atoms with E-state index in [2.05, 4.69) is 11.8 Å². The lowest BCUT2D eigenvalue weighted by atomic mass is 10.0. The molecule has 0 aromatic carbocycles. The normalized spacial score (nSPS) is 23.6. The van der Waals surface area contributed by atoms with Crippen molar-refractivity contribution in [1.82, 2.24) is 4.90 Å². The highest BCUT2D eigenvalue weighted by Gasteiger charge is 2.23. The number of hydrogen-bond acceptors (Lipinski definition) is 2. The predicted molar refractivity (Wildman–Crippen MR) is 65.5 cm³/mol. The molecule has 0 radical (unpaired) electrons. The highest BCUT2D eigenvalue weighted by molar-refractivity contribution is 7.80. The molecule has 0 aliphatic carbocycles. The fourth-order valence-electron chi connectivity index (χ4n) is 2.15. The zero-order valence-electron chi connectivity index (χ0n) is 9.17. The van der Waals surface area contributed by atoms with Crippen LogP contribution in [0.25, 0.3) is 0 Å². The number of hydrogen-bond donors (Lipinski definition) is 1. The topological polar surface area (TPSA) is 29.3 Å². The lowest BCUT2D eigenvalue weighted by molar-refractivity contribution is 0.189. The van der Waals surface area contributed by atoms with Crippen molar-refractivity contribution in [2.45, 2.75) is 51.5 Å². The molecule has 2 nitrogen and oxygen atoms in total. The van der Waals surface area contributed by atoms with Crippen LogP contribution in [0.2, 0.25) is 0 Å². The molecular weight excluding hydrogens is 192 g/mol. The molecule has 1 aliphatic heterocycles. The Morgan fingerprint density at radius 2 is 2.21 bits per heavy atom. The lowest BCUT2D eigenvalue weighted by Crippen LogP contribution is -2.47. The summed E-state index contributed by atoms with van der Waals surface area (Å²) in [5.41, 5.74) is 5.75. The second kappa shape index (κ2) is 6.36. The van der Waals surface area contributed by atoms with E-state index in [0.717, 1.165) is 0 Å². The number of likely N-dealkylation sites (tertiary alicyclic amines) is 1. The Labute approximate surface area is 92.8 Å². The Morgan fingerprint density at radius 3 is 2.86 bits per heavy atom. The average molecular weight is 214 g/mol.